The predicted octanol–water partition coefficient (Wildman–Crippen LogP) is 0.978. The van der Waals surface area contributed by atoms with E-state index in [1.165, 1.54) is 7.11 Å². The van der Waals surface area contributed by atoms with E-state index in [9.17, 15) is 19.5 Å². The van der Waals surface area contributed by atoms with E-state index in [-0.39, 0.29) is 12.5 Å². The molecule has 3 N–H and O–H groups in total. The highest BCUT2D eigenvalue weighted by Crippen LogP contribution is 2.07. The average molecular weight is 366 g/mol. The molecule has 0 aliphatic rings. The van der Waals surface area contributed by atoms with Crippen LogP contribution < -0.4 is 10.6 Å². The van der Waals surface area contributed by atoms with Gasteiger partial charge in [0.1, 0.15) is 18.7 Å². The Kier molecular flexibility index (Phi) is 9.14. The maximum atomic E-state index is 12.2. The molecule has 0 aliphatic heterocycles. The Balaban J connectivity index is 2.57. The van der Waals surface area contributed by atoms with Crippen LogP contribution in [0.2, 0.25) is 0 Å². The molecule has 1 aromatic rings. The molecule has 0 saturated heterocycles. The average Bonchev–Trinajstić information content (AvgIpc) is 2.63. The molecule has 0 unspecified atom stereocenters. The molecule has 0 bridgehead atoms. The minimum absolute atomic E-state index is 0.0323. The van der Waals surface area contributed by atoms with Gasteiger partial charge in [0.05, 0.1) is 13.7 Å². The third kappa shape index (κ3) is 7.52. The number of esters is 1. The number of carbonyl (C=O) groups excluding carboxylic acids is 3. The number of carbonyl (C=O) groups is 3. The zero-order valence-electron chi connectivity index (χ0n) is 15.2. The molecule has 1 rings (SSSR count). The van der Waals surface area contributed by atoms with Crippen LogP contribution >= 0.6 is 0 Å². The van der Waals surface area contributed by atoms with Crippen molar-refractivity contribution in [3.63, 3.8) is 0 Å². The highest BCUT2D eigenvalue weighted by Gasteiger charge is 2.27. The Hall–Kier alpha value is -2.61. The van der Waals surface area contributed by atoms with Crippen molar-refractivity contribution in [3.05, 3.63) is 35.9 Å². The largest absolute Gasteiger partial charge is 0.467 e. The van der Waals surface area contributed by atoms with E-state index in [0.29, 0.717) is 6.42 Å². The summed E-state index contributed by atoms with van der Waals surface area (Å²) in [4.78, 5) is 35.8. The quantitative estimate of drug-likeness (QED) is 0.561. The van der Waals surface area contributed by atoms with Gasteiger partial charge in [0.25, 0.3) is 0 Å². The van der Waals surface area contributed by atoms with Crippen molar-refractivity contribution in [1.29, 1.82) is 0 Å². The minimum Gasteiger partial charge on any atom is -0.467 e. The van der Waals surface area contributed by atoms with E-state index < -0.39 is 36.7 Å². The summed E-state index contributed by atoms with van der Waals surface area (Å²) in [5.41, 5.74) is 0.787. The summed E-state index contributed by atoms with van der Waals surface area (Å²) in [6.07, 6.45) is -0.476. The first-order valence-electron chi connectivity index (χ1n) is 8.33. The molecule has 144 valence electrons. The van der Waals surface area contributed by atoms with E-state index in [1.807, 2.05) is 32.0 Å². The maximum Gasteiger partial charge on any atom is 0.408 e. The van der Waals surface area contributed by atoms with Gasteiger partial charge in [-0.1, -0.05) is 44.2 Å². The topological polar surface area (TPSA) is 114 Å². The van der Waals surface area contributed by atoms with Gasteiger partial charge in [-0.2, -0.15) is 0 Å². The highest BCUT2D eigenvalue weighted by atomic mass is 16.5. The Labute approximate surface area is 152 Å². The van der Waals surface area contributed by atoms with Crippen molar-refractivity contribution in [2.45, 2.75) is 39.0 Å². The standard InChI is InChI=1S/C18H26N2O6/c1-12(2)9-14(17(23)25-3)19-16(22)15(10-21)20-18(24)26-11-13-7-5-4-6-8-13/h4-8,12,14-15,21H,9-11H2,1-3H3,(H,19,22)(H,20,24)/t14-,15+/m1/s1. The molecule has 2 amide bonds. The number of benzene rings is 1. The van der Waals surface area contributed by atoms with Crippen LogP contribution in [-0.2, 0) is 25.7 Å². The van der Waals surface area contributed by atoms with Crippen LogP contribution in [0, 0.1) is 5.92 Å². The number of aliphatic hydroxyl groups is 1. The van der Waals surface area contributed by atoms with Gasteiger partial charge < -0.3 is 25.2 Å². The van der Waals surface area contributed by atoms with E-state index in [4.69, 9.17) is 4.74 Å². The fourth-order valence-electron chi connectivity index (χ4n) is 2.20. The van der Waals surface area contributed by atoms with Crippen LogP contribution in [0.25, 0.3) is 0 Å². The molecule has 0 radical (unpaired) electrons. The van der Waals surface area contributed by atoms with E-state index in [2.05, 4.69) is 15.4 Å². The molecule has 0 spiro atoms. The van der Waals surface area contributed by atoms with Crippen LogP contribution in [-0.4, -0.2) is 48.9 Å². The van der Waals surface area contributed by atoms with Crippen LogP contribution in [0.3, 0.4) is 0 Å². The summed E-state index contributed by atoms with van der Waals surface area (Å²) < 4.78 is 9.68. The molecule has 8 nitrogen and oxygen atoms in total. The van der Waals surface area contributed by atoms with Crippen molar-refractivity contribution in [2.24, 2.45) is 5.92 Å². The lowest BCUT2D eigenvalue weighted by atomic mass is 10.0. The van der Waals surface area contributed by atoms with Crippen LogP contribution in [0.5, 0.6) is 0 Å². The number of nitrogens with one attached hydrogen (secondary N) is 2. The molecule has 8 heteroatoms. The SMILES string of the molecule is COC(=O)[C@@H](CC(C)C)NC(=O)[C@H](CO)NC(=O)OCc1ccccc1. The summed E-state index contributed by atoms with van der Waals surface area (Å²) in [5, 5.41) is 14.1. The van der Waals surface area contributed by atoms with Crippen LogP contribution in [0.4, 0.5) is 4.79 Å². The third-order valence-corrected chi connectivity index (χ3v) is 3.51. The minimum atomic E-state index is -1.24. The lowest BCUT2D eigenvalue weighted by Crippen LogP contribution is -2.53. The van der Waals surface area contributed by atoms with Crippen molar-refractivity contribution < 1.29 is 29.0 Å². The second-order valence-corrected chi connectivity index (χ2v) is 6.16. The highest BCUT2D eigenvalue weighted by molar-refractivity contribution is 5.89. The number of rotatable bonds is 9. The summed E-state index contributed by atoms with van der Waals surface area (Å²) in [5.74, 6) is -1.15. The second-order valence-electron chi connectivity index (χ2n) is 6.16. The Bertz CT molecular complexity index is 591. The first kappa shape index (κ1) is 21.4. The number of hydrogen-bond acceptors (Lipinski definition) is 6. The number of methoxy groups -OCH3 is 1. The summed E-state index contributed by atoms with van der Waals surface area (Å²) in [7, 11) is 1.23. The first-order valence-corrected chi connectivity index (χ1v) is 8.33. The summed E-state index contributed by atoms with van der Waals surface area (Å²) in [6.45, 7) is 3.18. The van der Waals surface area contributed by atoms with Gasteiger partial charge in [0, 0.05) is 0 Å². The molecule has 0 aliphatic carbocycles. The lowest BCUT2D eigenvalue weighted by Gasteiger charge is -2.22. The van der Waals surface area contributed by atoms with Gasteiger partial charge in [-0.15, -0.1) is 0 Å². The van der Waals surface area contributed by atoms with E-state index in [1.54, 1.807) is 12.1 Å². The smallest absolute Gasteiger partial charge is 0.408 e. The molecule has 2 atom stereocenters. The molecule has 0 aromatic heterocycles. The molecule has 0 heterocycles. The van der Waals surface area contributed by atoms with Crippen molar-refractivity contribution in [1.82, 2.24) is 10.6 Å². The Morgan fingerprint density at radius 3 is 2.27 bits per heavy atom. The summed E-state index contributed by atoms with van der Waals surface area (Å²) >= 11 is 0. The Morgan fingerprint density at radius 1 is 1.08 bits per heavy atom. The van der Waals surface area contributed by atoms with Crippen molar-refractivity contribution in [3.8, 4) is 0 Å². The summed E-state index contributed by atoms with van der Waals surface area (Å²) in [6, 6.07) is 6.93. The molecule has 26 heavy (non-hydrogen) atoms. The zero-order chi connectivity index (χ0) is 19.5. The van der Waals surface area contributed by atoms with E-state index in [0.717, 1.165) is 5.56 Å². The van der Waals surface area contributed by atoms with Gasteiger partial charge in [-0.3, -0.25) is 4.79 Å². The molecule has 0 saturated carbocycles. The molecule has 0 fully saturated rings. The maximum absolute atomic E-state index is 12.2. The fraction of sp³-hybridized carbons (Fsp3) is 0.500. The molecular formula is C18H26N2O6. The van der Waals surface area contributed by atoms with Gasteiger partial charge in [-0.05, 0) is 17.9 Å². The number of amides is 2. The van der Waals surface area contributed by atoms with E-state index >= 15 is 0 Å². The monoisotopic (exact) mass is 366 g/mol. The molecule has 1 aromatic carbocycles. The third-order valence-electron chi connectivity index (χ3n) is 3.51. The number of alkyl carbamates (subject to hydrolysis) is 1. The first-order chi connectivity index (χ1) is 12.4. The van der Waals surface area contributed by atoms with Gasteiger partial charge >= 0.3 is 12.1 Å². The van der Waals surface area contributed by atoms with Crippen LogP contribution in [0.1, 0.15) is 25.8 Å². The Morgan fingerprint density at radius 2 is 1.73 bits per heavy atom. The fourth-order valence-corrected chi connectivity index (χ4v) is 2.20. The van der Waals surface area contributed by atoms with Crippen LogP contribution in [0.15, 0.2) is 30.3 Å². The lowest BCUT2D eigenvalue weighted by molar-refractivity contribution is -0.145. The van der Waals surface area contributed by atoms with Gasteiger partial charge in [0.15, 0.2) is 0 Å². The zero-order valence-corrected chi connectivity index (χ0v) is 15.2. The number of aliphatic hydroxyl groups excluding tert-OH is 1. The second kappa shape index (κ2) is 11.1. The number of ether oxygens (including phenoxy) is 2. The molecular weight excluding hydrogens is 340 g/mol. The normalized spacial score (nSPS) is 12.8. The predicted molar refractivity (Wildman–Crippen MR) is 94.0 cm³/mol. The van der Waals surface area contributed by atoms with Crippen molar-refractivity contribution >= 4 is 18.0 Å². The van der Waals surface area contributed by atoms with Gasteiger partial charge in [0.2, 0.25) is 5.91 Å². The van der Waals surface area contributed by atoms with Gasteiger partial charge in [-0.25, -0.2) is 9.59 Å². The number of hydrogen-bond donors (Lipinski definition) is 3. The van der Waals surface area contributed by atoms with Crippen molar-refractivity contribution in [2.75, 3.05) is 13.7 Å².